The van der Waals surface area contributed by atoms with Gasteiger partial charge in [-0.3, -0.25) is 9.59 Å². The molecule has 0 saturated heterocycles. The van der Waals surface area contributed by atoms with Crippen molar-refractivity contribution in [2.75, 3.05) is 31.3 Å². The number of aromatic nitrogens is 2. The third-order valence-corrected chi connectivity index (χ3v) is 5.91. The number of nitrogens with one attached hydrogen (secondary N) is 2. The second kappa shape index (κ2) is 11.4. The number of amides is 2. The summed E-state index contributed by atoms with van der Waals surface area (Å²) in [5, 5.41) is 4.62. The number of halogens is 4. The first-order chi connectivity index (χ1) is 16.9. The number of carbonyl (C=O) groups excluding carboxylic acids is 2. The molecule has 3 rings (SSSR count). The maximum atomic E-state index is 14.6. The number of likely N-dealkylation sites (N-methyl/N-ethyl adjacent to an activating group) is 1. The van der Waals surface area contributed by atoms with E-state index in [-0.39, 0.29) is 10.9 Å². The van der Waals surface area contributed by atoms with Crippen molar-refractivity contribution < 1.29 is 27.2 Å². The number of rotatable bonds is 8. The highest BCUT2D eigenvalue weighted by Gasteiger charge is 2.33. The smallest absolute Gasteiger partial charge is 0.306 e. The third-order valence-electron chi connectivity index (χ3n) is 4.95. The molecule has 0 bridgehead atoms. The van der Waals surface area contributed by atoms with E-state index in [0.717, 1.165) is 0 Å². The van der Waals surface area contributed by atoms with E-state index in [4.69, 9.17) is 0 Å². The fourth-order valence-electron chi connectivity index (χ4n) is 3.03. The normalized spacial score (nSPS) is 12.7. The topological polar surface area (TPSA) is 87.2 Å². The van der Waals surface area contributed by atoms with Crippen LogP contribution in [0.3, 0.4) is 0 Å². The molecule has 3 aromatic rings. The van der Waals surface area contributed by atoms with Crippen LogP contribution in [0.5, 0.6) is 0 Å². The summed E-state index contributed by atoms with van der Waals surface area (Å²) >= 11 is 0.339. The van der Waals surface area contributed by atoms with Crippen molar-refractivity contribution in [2.45, 2.75) is 19.0 Å². The minimum atomic E-state index is -4.54. The molecule has 12 heteroatoms. The highest BCUT2D eigenvalue weighted by molar-refractivity contribution is 7.15. The number of nitrogens with zero attached hydrogens (tertiary/aromatic N) is 3. The van der Waals surface area contributed by atoms with Crippen LogP contribution in [0.15, 0.2) is 54.9 Å². The molecule has 36 heavy (non-hydrogen) atoms. The molecule has 0 fully saturated rings. The minimum Gasteiger partial charge on any atom is -0.306 e. The first kappa shape index (κ1) is 27.0. The van der Waals surface area contributed by atoms with Gasteiger partial charge < -0.3 is 15.5 Å². The summed E-state index contributed by atoms with van der Waals surface area (Å²) in [5.74, 6) is -2.74. The summed E-state index contributed by atoms with van der Waals surface area (Å²) in [6, 6.07) is 7.91. The summed E-state index contributed by atoms with van der Waals surface area (Å²) in [6.45, 7) is 2.14. The second-order valence-electron chi connectivity index (χ2n) is 8.07. The van der Waals surface area contributed by atoms with Crippen molar-refractivity contribution in [1.29, 1.82) is 0 Å². The summed E-state index contributed by atoms with van der Waals surface area (Å²) in [6.07, 6.45) is 0.444. The number of benzene rings is 1. The van der Waals surface area contributed by atoms with E-state index in [1.54, 1.807) is 37.3 Å². The molecule has 1 atom stereocenters. The molecule has 2 aromatic heterocycles. The van der Waals surface area contributed by atoms with E-state index in [9.17, 15) is 27.2 Å². The largest absolute Gasteiger partial charge is 0.427 e. The zero-order valence-electron chi connectivity index (χ0n) is 19.6. The third kappa shape index (κ3) is 7.18. The van der Waals surface area contributed by atoms with Gasteiger partial charge in [0.1, 0.15) is 4.88 Å². The Morgan fingerprint density at radius 2 is 1.86 bits per heavy atom. The molecule has 0 aliphatic rings. The lowest BCUT2D eigenvalue weighted by atomic mass is 9.96. The maximum absolute atomic E-state index is 14.6. The zero-order chi connectivity index (χ0) is 26.5. The van der Waals surface area contributed by atoms with E-state index < -0.39 is 34.6 Å². The van der Waals surface area contributed by atoms with Crippen molar-refractivity contribution in [3.8, 4) is 11.1 Å². The molecule has 1 aromatic carbocycles. The Kier molecular flexibility index (Phi) is 8.53. The van der Waals surface area contributed by atoms with E-state index in [1.807, 2.05) is 19.0 Å². The van der Waals surface area contributed by atoms with Gasteiger partial charge in [0.2, 0.25) is 11.8 Å². The van der Waals surface area contributed by atoms with E-state index in [0.29, 0.717) is 40.8 Å². The van der Waals surface area contributed by atoms with Crippen molar-refractivity contribution in [3.63, 3.8) is 0 Å². The van der Waals surface area contributed by atoms with Gasteiger partial charge in [-0.1, -0.05) is 41.7 Å². The number of anilines is 2. The summed E-state index contributed by atoms with van der Waals surface area (Å²) < 4.78 is 52.9. The Morgan fingerprint density at radius 3 is 2.50 bits per heavy atom. The van der Waals surface area contributed by atoms with Gasteiger partial charge in [-0.05, 0) is 38.2 Å². The SMILES string of the molecule is CC(C(=O)Nc1ncc(C(F)(F)F)s1)c1cccc(-c2cnc(NC(=O)/C=C/CN(C)C)c(F)c2)c1. The summed E-state index contributed by atoms with van der Waals surface area (Å²) in [4.78, 5) is 33.1. The van der Waals surface area contributed by atoms with Crippen LogP contribution in [0.1, 0.15) is 23.3 Å². The molecule has 190 valence electrons. The van der Waals surface area contributed by atoms with Gasteiger partial charge in [-0.2, -0.15) is 13.2 Å². The van der Waals surface area contributed by atoms with E-state index in [1.165, 1.54) is 18.3 Å². The van der Waals surface area contributed by atoms with Crippen LogP contribution in [-0.2, 0) is 15.8 Å². The zero-order valence-corrected chi connectivity index (χ0v) is 20.4. The van der Waals surface area contributed by atoms with E-state index in [2.05, 4.69) is 20.6 Å². The van der Waals surface area contributed by atoms with Crippen molar-refractivity contribution in [1.82, 2.24) is 14.9 Å². The van der Waals surface area contributed by atoms with Gasteiger partial charge in [0, 0.05) is 24.4 Å². The Hall–Kier alpha value is -3.64. The van der Waals surface area contributed by atoms with Crippen LogP contribution in [0.4, 0.5) is 28.5 Å². The maximum Gasteiger partial charge on any atom is 0.427 e. The molecular weight excluding hydrogens is 498 g/mol. The number of alkyl halides is 3. The van der Waals surface area contributed by atoms with Crippen LogP contribution < -0.4 is 10.6 Å². The number of thiazole rings is 1. The van der Waals surface area contributed by atoms with Gasteiger partial charge in [-0.15, -0.1) is 0 Å². The lowest BCUT2D eigenvalue weighted by Crippen LogP contribution is -2.18. The average Bonchev–Trinajstić information content (AvgIpc) is 3.29. The predicted molar refractivity (Wildman–Crippen MR) is 130 cm³/mol. The fourth-order valence-corrected chi connectivity index (χ4v) is 3.72. The highest BCUT2D eigenvalue weighted by Crippen LogP contribution is 2.35. The van der Waals surface area contributed by atoms with Crippen molar-refractivity contribution in [2.24, 2.45) is 0 Å². The number of pyridine rings is 1. The second-order valence-corrected chi connectivity index (χ2v) is 9.10. The monoisotopic (exact) mass is 521 g/mol. The Morgan fingerprint density at radius 1 is 1.11 bits per heavy atom. The molecule has 2 amide bonds. The van der Waals surface area contributed by atoms with Gasteiger partial charge in [0.15, 0.2) is 16.8 Å². The molecule has 0 spiro atoms. The van der Waals surface area contributed by atoms with Crippen molar-refractivity contribution in [3.05, 3.63) is 71.1 Å². The number of carbonyl (C=O) groups is 2. The van der Waals surface area contributed by atoms with Gasteiger partial charge in [0.05, 0.1) is 12.1 Å². The Bertz CT molecular complexity index is 1270. The first-order valence-corrected chi connectivity index (χ1v) is 11.5. The number of hydrogen-bond donors (Lipinski definition) is 2. The van der Waals surface area contributed by atoms with E-state index >= 15 is 0 Å². The van der Waals surface area contributed by atoms with Gasteiger partial charge >= 0.3 is 6.18 Å². The summed E-state index contributed by atoms with van der Waals surface area (Å²) in [7, 11) is 3.69. The molecule has 0 aliphatic heterocycles. The van der Waals surface area contributed by atoms with Crippen LogP contribution in [0.2, 0.25) is 0 Å². The molecule has 1 unspecified atom stereocenters. The predicted octanol–water partition coefficient (Wildman–Crippen LogP) is 5.16. The Labute approximate surface area is 208 Å². The lowest BCUT2D eigenvalue weighted by molar-refractivity contribution is -0.134. The molecule has 2 heterocycles. The fraction of sp³-hybridized carbons (Fsp3) is 0.250. The van der Waals surface area contributed by atoms with Gasteiger partial charge in [-0.25, -0.2) is 14.4 Å². The minimum absolute atomic E-state index is 0.157. The van der Waals surface area contributed by atoms with Crippen LogP contribution in [0, 0.1) is 5.82 Å². The van der Waals surface area contributed by atoms with Gasteiger partial charge in [0.25, 0.3) is 0 Å². The number of hydrogen-bond acceptors (Lipinski definition) is 6. The van der Waals surface area contributed by atoms with Crippen LogP contribution in [0.25, 0.3) is 11.1 Å². The quantitative estimate of drug-likeness (QED) is 0.316. The standard InChI is InChI=1S/C24H23F4N5O2S/c1-14(22(35)32-23-30-13-19(36-23)24(26,27)28)15-6-4-7-16(10-15)17-11-18(25)21(29-12-17)31-20(34)8-5-9-33(2)3/h4-8,10-14H,9H2,1-3H3,(H,29,31,34)(H,30,32,35)/b8-5+. The molecule has 7 nitrogen and oxygen atoms in total. The Balaban J connectivity index is 1.70. The molecule has 2 N–H and O–H groups in total. The van der Waals surface area contributed by atoms with Crippen LogP contribution in [-0.4, -0.2) is 47.3 Å². The van der Waals surface area contributed by atoms with Crippen LogP contribution >= 0.6 is 11.3 Å². The highest BCUT2D eigenvalue weighted by atomic mass is 32.1. The first-order valence-electron chi connectivity index (χ1n) is 10.7. The molecule has 0 radical (unpaired) electrons. The molecular formula is C24H23F4N5O2S. The average molecular weight is 522 g/mol. The summed E-state index contributed by atoms with van der Waals surface area (Å²) in [5.41, 5.74) is 1.54. The lowest BCUT2D eigenvalue weighted by Gasteiger charge is -2.13. The molecule has 0 aliphatic carbocycles. The molecule has 0 saturated carbocycles. The van der Waals surface area contributed by atoms with Crippen molar-refractivity contribution >= 4 is 34.1 Å².